The first kappa shape index (κ1) is 13.1. The molecule has 0 amide bonds. The second kappa shape index (κ2) is 5.14. The van der Waals surface area contributed by atoms with E-state index in [9.17, 15) is 13.6 Å². The van der Waals surface area contributed by atoms with Crippen LogP contribution in [0.4, 0.5) is 8.78 Å². The molecule has 2 nitrogen and oxygen atoms in total. The van der Waals surface area contributed by atoms with Gasteiger partial charge in [0.1, 0.15) is 11.6 Å². The van der Waals surface area contributed by atoms with Crippen molar-refractivity contribution in [3.05, 3.63) is 35.4 Å². The number of ketones is 1. The summed E-state index contributed by atoms with van der Waals surface area (Å²) in [6, 6.07) is 3.55. The third kappa shape index (κ3) is 2.17. The predicted octanol–water partition coefficient (Wildman–Crippen LogP) is 2.93. The van der Waals surface area contributed by atoms with Crippen LogP contribution in [0.15, 0.2) is 18.2 Å². The fourth-order valence-corrected chi connectivity index (χ4v) is 2.60. The Balaban J connectivity index is 2.40. The molecule has 0 saturated carbocycles. The van der Waals surface area contributed by atoms with E-state index in [-0.39, 0.29) is 5.56 Å². The van der Waals surface area contributed by atoms with E-state index in [0.29, 0.717) is 19.4 Å². The number of hydrogen-bond acceptors (Lipinski definition) is 2. The normalized spacial score (nSPS) is 23.9. The number of halogens is 2. The van der Waals surface area contributed by atoms with Crippen LogP contribution >= 0.6 is 0 Å². The molecule has 1 saturated heterocycles. The smallest absolute Gasteiger partial charge is 0.176 e. The van der Waals surface area contributed by atoms with Gasteiger partial charge in [-0.1, -0.05) is 13.0 Å². The van der Waals surface area contributed by atoms with E-state index in [1.165, 1.54) is 6.07 Å². The van der Waals surface area contributed by atoms with Crippen LogP contribution in [-0.2, 0) is 0 Å². The molecular formula is C14H17F2NO. The second-order valence-corrected chi connectivity index (χ2v) is 4.84. The molecule has 0 aromatic heterocycles. The van der Waals surface area contributed by atoms with Crippen molar-refractivity contribution in [3.63, 3.8) is 0 Å². The van der Waals surface area contributed by atoms with Gasteiger partial charge >= 0.3 is 0 Å². The molecule has 1 aliphatic heterocycles. The molecule has 1 N–H and O–H groups in total. The van der Waals surface area contributed by atoms with E-state index < -0.39 is 22.8 Å². The first-order chi connectivity index (χ1) is 8.60. The Labute approximate surface area is 105 Å². The molecule has 0 spiro atoms. The summed E-state index contributed by atoms with van der Waals surface area (Å²) in [4.78, 5) is 12.5. The summed E-state index contributed by atoms with van der Waals surface area (Å²) >= 11 is 0. The van der Waals surface area contributed by atoms with E-state index in [2.05, 4.69) is 5.32 Å². The lowest BCUT2D eigenvalue weighted by atomic mass is 9.72. The number of benzene rings is 1. The minimum atomic E-state index is -0.765. The minimum absolute atomic E-state index is 0.386. The average Bonchev–Trinajstić information content (AvgIpc) is 2.39. The Bertz CT molecular complexity index is 433. The van der Waals surface area contributed by atoms with Crippen molar-refractivity contribution in [2.75, 3.05) is 13.1 Å². The summed E-state index contributed by atoms with van der Waals surface area (Å²) in [6.07, 6.45) is 2.13. The molecule has 1 aromatic rings. The predicted molar refractivity (Wildman–Crippen MR) is 65.5 cm³/mol. The molecule has 1 unspecified atom stereocenters. The Hall–Kier alpha value is -1.29. The summed E-state index contributed by atoms with van der Waals surface area (Å²) in [5.41, 5.74) is -1.05. The number of Topliss-reactive ketones (excluding diaryl/α,β-unsaturated/α-hetero) is 1. The van der Waals surface area contributed by atoms with Gasteiger partial charge in [-0.2, -0.15) is 0 Å². The number of nitrogens with one attached hydrogen (secondary N) is 1. The Kier molecular flexibility index (Phi) is 3.76. The van der Waals surface area contributed by atoms with Gasteiger partial charge in [-0.3, -0.25) is 4.79 Å². The number of carbonyl (C=O) groups excluding carboxylic acids is 1. The molecule has 1 fully saturated rings. The zero-order valence-corrected chi connectivity index (χ0v) is 10.4. The highest BCUT2D eigenvalue weighted by molar-refractivity contribution is 6.01. The van der Waals surface area contributed by atoms with Crippen molar-refractivity contribution in [1.29, 1.82) is 0 Å². The second-order valence-electron chi connectivity index (χ2n) is 4.84. The molecule has 1 atom stereocenters. The van der Waals surface area contributed by atoms with E-state index >= 15 is 0 Å². The van der Waals surface area contributed by atoms with Gasteiger partial charge in [0.15, 0.2) is 5.78 Å². The first-order valence-corrected chi connectivity index (χ1v) is 6.30. The maximum absolute atomic E-state index is 13.7. The Morgan fingerprint density at radius 2 is 2.06 bits per heavy atom. The van der Waals surface area contributed by atoms with Crippen LogP contribution in [0.2, 0.25) is 0 Å². The number of hydrogen-bond donors (Lipinski definition) is 1. The molecule has 0 aliphatic carbocycles. The van der Waals surface area contributed by atoms with Gasteiger partial charge in [-0.05, 0) is 37.9 Å². The maximum Gasteiger partial charge on any atom is 0.176 e. The fourth-order valence-electron chi connectivity index (χ4n) is 2.60. The van der Waals surface area contributed by atoms with Gasteiger partial charge in [0.05, 0.1) is 5.56 Å². The molecule has 1 heterocycles. The van der Waals surface area contributed by atoms with Crippen LogP contribution in [0.3, 0.4) is 0 Å². The van der Waals surface area contributed by atoms with Gasteiger partial charge in [-0.15, -0.1) is 0 Å². The largest absolute Gasteiger partial charge is 0.316 e. The molecule has 0 radical (unpaired) electrons. The van der Waals surface area contributed by atoms with Gasteiger partial charge in [0, 0.05) is 12.0 Å². The lowest BCUT2D eigenvalue weighted by Crippen LogP contribution is -2.45. The van der Waals surface area contributed by atoms with Gasteiger partial charge < -0.3 is 5.32 Å². The first-order valence-electron chi connectivity index (χ1n) is 6.30. The highest BCUT2D eigenvalue weighted by Gasteiger charge is 2.40. The highest BCUT2D eigenvalue weighted by atomic mass is 19.1. The molecule has 0 bridgehead atoms. The summed E-state index contributed by atoms with van der Waals surface area (Å²) in [5.74, 6) is -1.94. The lowest BCUT2D eigenvalue weighted by molar-refractivity contribution is 0.0721. The standard InChI is InChI=1S/C14H17F2NO/c1-2-14(7-4-8-17-9-14)13(18)12-10(15)5-3-6-11(12)16/h3,5-6,17H,2,4,7-9H2,1H3. The van der Waals surface area contributed by atoms with Crippen molar-refractivity contribution in [1.82, 2.24) is 5.32 Å². The monoisotopic (exact) mass is 253 g/mol. The fraction of sp³-hybridized carbons (Fsp3) is 0.500. The van der Waals surface area contributed by atoms with E-state index in [4.69, 9.17) is 0 Å². The number of rotatable bonds is 3. The highest BCUT2D eigenvalue weighted by Crippen LogP contribution is 2.35. The van der Waals surface area contributed by atoms with E-state index in [0.717, 1.165) is 25.1 Å². The Morgan fingerprint density at radius 3 is 2.56 bits per heavy atom. The van der Waals surface area contributed by atoms with Crippen LogP contribution in [0.25, 0.3) is 0 Å². The van der Waals surface area contributed by atoms with E-state index in [1.54, 1.807) is 0 Å². The molecule has 18 heavy (non-hydrogen) atoms. The van der Waals surface area contributed by atoms with Gasteiger partial charge in [0.2, 0.25) is 0 Å². The summed E-state index contributed by atoms with van der Waals surface area (Å²) in [7, 11) is 0. The zero-order valence-electron chi connectivity index (χ0n) is 10.4. The lowest BCUT2D eigenvalue weighted by Gasteiger charge is -2.35. The van der Waals surface area contributed by atoms with Crippen LogP contribution < -0.4 is 5.32 Å². The molecular weight excluding hydrogens is 236 g/mol. The van der Waals surface area contributed by atoms with Gasteiger partial charge in [-0.25, -0.2) is 8.78 Å². The maximum atomic E-state index is 13.7. The topological polar surface area (TPSA) is 29.1 Å². The number of carbonyl (C=O) groups is 1. The molecule has 2 rings (SSSR count). The van der Waals surface area contributed by atoms with E-state index in [1.807, 2.05) is 6.92 Å². The summed E-state index contributed by atoms with van der Waals surface area (Å²) < 4.78 is 27.4. The quantitative estimate of drug-likeness (QED) is 0.839. The molecule has 98 valence electrons. The summed E-state index contributed by atoms with van der Waals surface area (Å²) in [5, 5.41) is 3.15. The zero-order chi connectivity index (χ0) is 13.2. The van der Waals surface area contributed by atoms with Crippen LogP contribution in [0.1, 0.15) is 36.5 Å². The van der Waals surface area contributed by atoms with Crippen LogP contribution in [0.5, 0.6) is 0 Å². The van der Waals surface area contributed by atoms with Crippen molar-refractivity contribution in [2.45, 2.75) is 26.2 Å². The van der Waals surface area contributed by atoms with Crippen LogP contribution in [-0.4, -0.2) is 18.9 Å². The Morgan fingerprint density at radius 1 is 1.39 bits per heavy atom. The van der Waals surface area contributed by atoms with Crippen molar-refractivity contribution in [2.24, 2.45) is 5.41 Å². The molecule has 1 aromatic carbocycles. The third-order valence-electron chi connectivity index (χ3n) is 3.82. The average molecular weight is 253 g/mol. The van der Waals surface area contributed by atoms with Gasteiger partial charge in [0.25, 0.3) is 0 Å². The summed E-state index contributed by atoms with van der Waals surface area (Å²) in [6.45, 7) is 3.24. The third-order valence-corrected chi connectivity index (χ3v) is 3.82. The minimum Gasteiger partial charge on any atom is -0.316 e. The number of piperidine rings is 1. The molecule has 4 heteroatoms. The molecule has 1 aliphatic rings. The van der Waals surface area contributed by atoms with Crippen molar-refractivity contribution in [3.8, 4) is 0 Å². The SMILES string of the molecule is CCC1(C(=O)c2c(F)cccc2F)CCCNC1. The van der Waals surface area contributed by atoms with Crippen molar-refractivity contribution >= 4 is 5.78 Å². The van der Waals surface area contributed by atoms with Crippen LogP contribution in [0, 0.1) is 17.0 Å². The van der Waals surface area contributed by atoms with Crippen molar-refractivity contribution < 1.29 is 13.6 Å².